The summed E-state index contributed by atoms with van der Waals surface area (Å²) in [5.41, 5.74) is 0. The molecule has 0 heterocycles. The molecule has 1 aliphatic carbocycles. The first kappa shape index (κ1) is 17.0. The van der Waals surface area contributed by atoms with Gasteiger partial charge in [0, 0.05) is 19.3 Å². The molecule has 0 aromatic heterocycles. The molecule has 0 bridgehead atoms. The number of rotatable bonds is 10. The molecule has 0 aromatic carbocycles. The fourth-order valence-corrected chi connectivity index (χ4v) is 3.29. The van der Waals surface area contributed by atoms with Crippen molar-refractivity contribution < 1.29 is 4.74 Å². The minimum absolute atomic E-state index is 0.689. The molecular formula is C17H35NO. The van der Waals surface area contributed by atoms with Crippen LogP contribution in [0.15, 0.2) is 0 Å². The summed E-state index contributed by atoms with van der Waals surface area (Å²) in [6, 6.07) is 0.689. The van der Waals surface area contributed by atoms with E-state index in [0.717, 1.165) is 38.0 Å². The third kappa shape index (κ3) is 6.76. The molecule has 0 aliphatic heterocycles. The number of hydrogen-bond donors (Lipinski definition) is 1. The van der Waals surface area contributed by atoms with Crippen molar-refractivity contribution in [1.82, 2.24) is 5.32 Å². The molecule has 0 radical (unpaired) electrons. The largest absolute Gasteiger partial charge is 0.381 e. The van der Waals surface area contributed by atoms with E-state index in [-0.39, 0.29) is 0 Å². The highest BCUT2D eigenvalue weighted by atomic mass is 16.5. The van der Waals surface area contributed by atoms with Crippen LogP contribution < -0.4 is 5.32 Å². The van der Waals surface area contributed by atoms with E-state index in [2.05, 4.69) is 26.1 Å². The Kier molecular flexibility index (Phi) is 9.54. The zero-order chi connectivity index (χ0) is 13.9. The lowest BCUT2D eigenvalue weighted by molar-refractivity contribution is 0.109. The SMILES string of the molecule is CCCNC(CCOCCC)C1CCC(CC)CC1. The van der Waals surface area contributed by atoms with Gasteiger partial charge >= 0.3 is 0 Å². The lowest BCUT2D eigenvalue weighted by Gasteiger charge is -2.34. The van der Waals surface area contributed by atoms with E-state index < -0.39 is 0 Å². The Morgan fingerprint density at radius 3 is 2.32 bits per heavy atom. The topological polar surface area (TPSA) is 21.3 Å². The van der Waals surface area contributed by atoms with E-state index in [1.54, 1.807) is 0 Å². The third-order valence-corrected chi connectivity index (χ3v) is 4.62. The van der Waals surface area contributed by atoms with Crippen LogP contribution in [0.3, 0.4) is 0 Å². The quantitative estimate of drug-likeness (QED) is 0.594. The number of hydrogen-bond acceptors (Lipinski definition) is 2. The van der Waals surface area contributed by atoms with Crippen LogP contribution in [-0.2, 0) is 4.74 Å². The highest BCUT2D eigenvalue weighted by Gasteiger charge is 2.26. The smallest absolute Gasteiger partial charge is 0.0480 e. The second-order valence-corrected chi connectivity index (χ2v) is 6.15. The molecule has 2 nitrogen and oxygen atoms in total. The number of ether oxygens (including phenoxy) is 1. The van der Waals surface area contributed by atoms with Crippen LogP contribution in [0, 0.1) is 11.8 Å². The van der Waals surface area contributed by atoms with Gasteiger partial charge in [0.1, 0.15) is 0 Å². The molecule has 1 saturated carbocycles. The van der Waals surface area contributed by atoms with E-state index in [0.29, 0.717) is 6.04 Å². The summed E-state index contributed by atoms with van der Waals surface area (Å²) in [6.07, 6.45) is 10.7. The minimum Gasteiger partial charge on any atom is -0.381 e. The zero-order valence-corrected chi connectivity index (χ0v) is 13.4. The van der Waals surface area contributed by atoms with Gasteiger partial charge in [-0.2, -0.15) is 0 Å². The molecular weight excluding hydrogens is 234 g/mol. The molecule has 2 heteroatoms. The van der Waals surface area contributed by atoms with Crippen molar-refractivity contribution in [3.05, 3.63) is 0 Å². The predicted molar refractivity (Wildman–Crippen MR) is 83.5 cm³/mol. The highest BCUT2D eigenvalue weighted by molar-refractivity contribution is 4.81. The molecule has 114 valence electrons. The van der Waals surface area contributed by atoms with Crippen LogP contribution in [-0.4, -0.2) is 25.8 Å². The Morgan fingerprint density at radius 2 is 1.74 bits per heavy atom. The molecule has 0 saturated heterocycles. The predicted octanol–water partition coefficient (Wildman–Crippen LogP) is 4.39. The summed E-state index contributed by atoms with van der Waals surface area (Å²) < 4.78 is 5.69. The van der Waals surface area contributed by atoms with Crippen molar-refractivity contribution in [2.75, 3.05) is 19.8 Å². The van der Waals surface area contributed by atoms with Gasteiger partial charge in [-0.05, 0) is 50.5 Å². The summed E-state index contributed by atoms with van der Waals surface area (Å²) in [4.78, 5) is 0. The normalized spacial score (nSPS) is 25.4. The first-order chi connectivity index (χ1) is 9.31. The van der Waals surface area contributed by atoms with E-state index in [9.17, 15) is 0 Å². The van der Waals surface area contributed by atoms with Crippen molar-refractivity contribution in [3.8, 4) is 0 Å². The van der Waals surface area contributed by atoms with Crippen molar-refractivity contribution in [2.24, 2.45) is 11.8 Å². The minimum atomic E-state index is 0.689. The monoisotopic (exact) mass is 269 g/mol. The van der Waals surface area contributed by atoms with Crippen molar-refractivity contribution >= 4 is 0 Å². The van der Waals surface area contributed by atoms with Crippen LogP contribution in [0.1, 0.15) is 72.1 Å². The molecule has 1 aliphatic rings. The molecule has 1 rings (SSSR count). The maximum Gasteiger partial charge on any atom is 0.0480 e. The average Bonchev–Trinajstić information content (AvgIpc) is 2.47. The number of nitrogens with one attached hydrogen (secondary N) is 1. The van der Waals surface area contributed by atoms with E-state index in [4.69, 9.17) is 4.74 Å². The summed E-state index contributed by atoms with van der Waals surface area (Å²) in [5, 5.41) is 3.77. The van der Waals surface area contributed by atoms with Crippen molar-refractivity contribution in [1.29, 1.82) is 0 Å². The second kappa shape index (κ2) is 10.7. The van der Waals surface area contributed by atoms with Crippen molar-refractivity contribution in [2.45, 2.75) is 78.2 Å². The molecule has 0 amide bonds. The van der Waals surface area contributed by atoms with Gasteiger partial charge < -0.3 is 10.1 Å². The van der Waals surface area contributed by atoms with Crippen LogP contribution in [0.4, 0.5) is 0 Å². The Bertz CT molecular complexity index is 199. The fourth-order valence-electron chi connectivity index (χ4n) is 3.29. The molecule has 1 unspecified atom stereocenters. The lowest BCUT2D eigenvalue weighted by atomic mass is 9.77. The first-order valence-corrected chi connectivity index (χ1v) is 8.62. The van der Waals surface area contributed by atoms with Gasteiger partial charge in [-0.3, -0.25) is 0 Å². The maximum atomic E-state index is 5.69. The second-order valence-electron chi connectivity index (χ2n) is 6.15. The molecule has 1 N–H and O–H groups in total. The summed E-state index contributed by atoms with van der Waals surface area (Å²) in [6.45, 7) is 9.79. The Balaban J connectivity index is 2.31. The molecule has 1 atom stereocenters. The molecule has 0 spiro atoms. The van der Waals surface area contributed by atoms with Gasteiger partial charge in [0.25, 0.3) is 0 Å². The Hall–Kier alpha value is -0.0800. The summed E-state index contributed by atoms with van der Waals surface area (Å²) in [7, 11) is 0. The van der Waals surface area contributed by atoms with Gasteiger partial charge in [0.2, 0.25) is 0 Å². The highest BCUT2D eigenvalue weighted by Crippen LogP contribution is 2.33. The van der Waals surface area contributed by atoms with Gasteiger partial charge in [-0.1, -0.05) is 40.0 Å². The lowest BCUT2D eigenvalue weighted by Crippen LogP contribution is -2.39. The van der Waals surface area contributed by atoms with Gasteiger partial charge in [0.15, 0.2) is 0 Å². The maximum absolute atomic E-state index is 5.69. The summed E-state index contributed by atoms with van der Waals surface area (Å²) in [5.74, 6) is 1.89. The van der Waals surface area contributed by atoms with Crippen LogP contribution in [0.5, 0.6) is 0 Å². The third-order valence-electron chi connectivity index (χ3n) is 4.62. The standard InChI is InChI=1S/C17H35NO/c1-4-12-18-17(11-14-19-13-5-2)16-9-7-15(6-3)8-10-16/h15-18H,4-14H2,1-3H3. The zero-order valence-electron chi connectivity index (χ0n) is 13.4. The summed E-state index contributed by atoms with van der Waals surface area (Å²) >= 11 is 0. The van der Waals surface area contributed by atoms with Gasteiger partial charge in [-0.15, -0.1) is 0 Å². The van der Waals surface area contributed by atoms with Gasteiger partial charge in [0.05, 0.1) is 0 Å². The van der Waals surface area contributed by atoms with E-state index >= 15 is 0 Å². The molecule has 0 aromatic rings. The average molecular weight is 269 g/mol. The first-order valence-electron chi connectivity index (χ1n) is 8.62. The molecule has 1 fully saturated rings. The van der Waals surface area contributed by atoms with E-state index in [1.165, 1.54) is 44.9 Å². The van der Waals surface area contributed by atoms with Crippen molar-refractivity contribution in [3.63, 3.8) is 0 Å². The van der Waals surface area contributed by atoms with Gasteiger partial charge in [-0.25, -0.2) is 0 Å². The Labute approximate surface area is 120 Å². The fraction of sp³-hybridized carbons (Fsp3) is 1.00. The van der Waals surface area contributed by atoms with Crippen LogP contribution in [0.25, 0.3) is 0 Å². The Morgan fingerprint density at radius 1 is 1.00 bits per heavy atom. The van der Waals surface area contributed by atoms with Crippen LogP contribution in [0.2, 0.25) is 0 Å². The molecule has 19 heavy (non-hydrogen) atoms. The van der Waals surface area contributed by atoms with Crippen LogP contribution >= 0.6 is 0 Å². The van der Waals surface area contributed by atoms with E-state index in [1.807, 2.05) is 0 Å².